The number of hydrogen-bond donors (Lipinski definition) is 0. The van der Waals surface area contributed by atoms with Gasteiger partial charge in [0.2, 0.25) is 0 Å². The van der Waals surface area contributed by atoms with Crippen molar-refractivity contribution in [1.82, 2.24) is 4.90 Å². The van der Waals surface area contributed by atoms with Crippen LogP contribution < -0.4 is 4.74 Å². The van der Waals surface area contributed by atoms with Gasteiger partial charge in [0.25, 0.3) is 0 Å². The van der Waals surface area contributed by atoms with E-state index >= 15 is 0 Å². The van der Waals surface area contributed by atoms with Gasteiger partial charge in [-0.25, -0.2) is 4.79 Å². The number of morpholine rings is 1. The second-order valence-electron chi connectivity index (χ2n) is 5.82. The summed E-state index contributed by atoms with van der Waals surface area (Å²) < 4.78 is 16.0. The lowest BCUT2D eigenvalue weighted by atomic mass is 10.2. The fourth-order valence-corrected chi connectivity index (χ4v) is 2.59. The summed E-state index contributed by atoms with van der Waals surface area (Å²) in [6.07, 6.45) is 4.06. The molecule has 1 saturated heterocycles. The minimum absolute atomic E-state index is 0.307. The average molecular weight is 333 g/mol. The van der Waals surface area contributed by atoms with Crippen molar-refractivity contribution in [2.24, 2.45) is 0 Å². The van der Waals surface area contributed by atoms with E-state index in [1.807, 2.05) is 31.2 Å². The molecule has 0 spiro atoms. The summed E-state index contributed by atoms with van der Waals surface area (Å²) in [7, 11) is 0. The maximum Gasteiger partial charge on any atom is 0.330 e. The van der Waals surface area contributed by atoms with Crippen LogP contribution in [0.25, 0.3) is 6.08 Å². The second kappa shape index (κ2) is 10.1. The highest BCUT2D eigenvalue weighted by Gasteiger charge is 2.17. The van der Waals surface area contributed by atoms with Gasteiger partial charge in [0.05, 0.1) is 26.4 Å². The van der Waals surface area contributed by atoms with Crippen LogP contribution in [-0.2, 0) is 14.3 Å². The Kier molecular flexibility index (Phi) is 7.79. The number of ether oxygens (including phenoxy) is 3. The topological polar surface area (TPSA) is 48.0 Å². The smallest absolute Gasteiger partial charge is 0.330 e. The zero-order chi connectivity index (χ0) is 17.2. The van der Waals surface area contributed by atoms with Gasteiger partial charge in [-0.1, -0.05) is 12.1 Å². The first-order chi connectivity index (χ1) is 11.7. The molecule has 0 saturated carbocycles. The Morgan fingerprint density at radius 2 is 2.17 bits per heavy atom. The van der Waals surface area contributed by atoms with Gasteiger partial charge in [-0.2, -0.15) is 0 Å². The molecule has 1 heterocycles. The summed E-state index contributed by atoms with van der Waals surface area (Å²) in [6.45, 7) is 8.64. The van der Waals surface area contributed by atoms with Crippen LogP contribution in [0.4, 0.5) is 0 Å². The van der Waals surface area contributed by atoms with E-state index in [0.29, 0.717) is 19.3 Å². The summed E-state index contributed by atoms with van der Waals surface area (Å²) >= 11 is 0. The Morgan fingerprint density at radius 1 is 1.38 bits per heavy atom. The summed E-state index contributed by atoms with van der Waals surface area (Å²) in [5.74, 6) is 0.522. The second-order valence-corrected chi connectivity index (χ2v) is 5.82. The fraction of sp³-hybridized carbons (Fsp3) is 0.526. The van der Waals surface area contributed by atoms with Gasteiger partial charge < -0.3 is 14.2 Å². The van der Waals surface area contributed by atoms with E-state index in [-0.39, 0.29) is 5.97 Å². The first kappa shape index (κ1) is 18.5. The van der Waals surface area contributed by atoms with Gasteiger partial charge in [-0.05, 0) is 44.0 Å². The predicted octanol–water partition coefficient (Wildman–Crippen LogP) is 2.75. The maximum absolute atomic E-state index is 11.7. The number of esters is 1. The Labute approximate surface area is 144 Å². The molecule has 0 amide bonds. The van der Waals surface area contributed by atoms with Crippen LogP contribution in [0.5, 0.6) is 5.75 Å². The average Bonchev–Trinajstić information content (AvgIpc) is 2.60. The van der Waals surface area contributed by atoms with Crippen LogP contribution in [0.15, 0.2) is 30.3 Å². The highest BCUT2D eigenvalue weighted by atomic mass is 16.5. The molecule has 0 bridgehead atoms. The number of carbonyl (C=O) groups excluding carboxylic acids is 1. The third kappa shape index (κ3) is 6.34. The van der Waals surface area contributed by atoms with Crippen molar-refractivity contribution in [1.29, 1.82) is 0 Å². The Morgan fingerprint density at radius 3 is 2.88 bits per heavy atom. The van der Waals surface area contributed by atoms with E-state index in [1.54, 1.807) is 6.08 Å². The largest absolute Gasteiger partial charge is 0.494 e. The molecule has 132 valence electrons. The van der Waals surface area contributed by atoms with E-state index in [4.69, 9.17) is 14.2 Å². The van der Waals surface area contributed by atoms with Crippen molar-refractivity contribution in [2.75, 3.05) is 39.5 Å². The first-order valence-corrected chi connectivity index (χ1v) is 8.58. The summed E-state index contributed by atoms with van der Waals surface area (Å²) in [5, 5.41) is 0. The maximum atomic E-state index is 11.7. The third-order valence-corrected chi connectivity index (χ3v) is 3.94. The van der Waals surface area contributed by atoms with Crippen LogP contribution in [0.1, 0.15) is 25.8 Å². The summed E-state index contributed by atoms with van der Waals surface area (Å²) in [6, 6.07) is 8.04. The molecular weight excluding hydrogens is 306 g/mol. The molecule has 1 unspecified atom stereocenters. The number of hydrogen-bond acceptors (Lipinski definition) is 5. The molecule has 24 heavy (non-hydrogen) atoms. The third-order valence-electron chi connectivity index (χ3n) is 3.94. The minimum atomic E-state index is -0.307. The number of carbonyl (C=O) groups is 1. The number of benzene rings is 1. The number of rotatable bonds is 8. The van der Waals surface area contributed by atoms with Gasteiger partial charge in [-0.15, -0.1) is 0 Å². The van der Waals surface area contributed by atoms with Crippen LogP contribution in [0.3, 0.4) is 0 Å². The van der Waals surface area contributed by atoms with Crippen molar-refractivity contribution in [3.63, 3.8) is 0 Å². The predicted molar refractivity (Wildman–Crippen MR) is 94.1 cm³/mol. The lowest BCUT2D eigenvalue weighted by molar-refractivity contribution is -0.138. The molecule has 1 fully saturated rings. The Hall–Kier alpha value is -1.85. The van der Waals surface area contributed by atoms with Gasteiger partial charge in [0, 0.05) is 25.2 Å². The molecule has 0 aliphatic carbocycles. The molecule has 0 aromatic heterocycles. The molecule has 0 N–H and O–H groups in total. The van der Waals surface area contributed by atoms with Crippen LogP contribution in [0.2, 0.25) is 0 Å². The molecule has 1 aromatic carbocycles. The van der Waals surface area contributed by atoms with Gasteiger partial charge in [0.1, 0.15) is 5.75 Å². The lowest BCUT2D eigenvalue weighted by Gasteiger charge is -2.33. The standard InChI is InChI=1S/C19H27NO4/c1-3-23-18-8-5-17(6-9-18)7-10-19(21)24-13-4-11-20-12-14-22-15-16(20)2/h5-10,16H,3-4,11-15H2,1-2H3. The van der Waals surface area contributed by atoms with Crippen LogP contribution in [-0.4, -0.2) is 56.4 Å². The molecular formula is C19H27NO4. The molecule has 1 aromatic rings. The minimum Gasteiger partial charge on any atom is -0.494 e. The van der Waals surface area contributed by atoms with Gasteiger partial charge in [0.15, 0.2) is 0 Å². The normalized spacial score (nSPS) is 18.7. The first-order valence-electron chi connectivity index (χ1n) is 8.58. The van der Waals surface area contributed by atoms with Crippen LogP contribution >= 0.6 is 0 Å². The van der Waals surface area contributed by atoms with Crippen molar-refractivity contribution in [2.45, 2.75) is 26.3 Å². The highest BCUT2D eigenvalue weighted by Crippen LogP contribution is 2.13. The Bertz CT molecular complexity index is 527. The zero-order valence-corrected chi connectivity index (χ0v) is 14.6. The number of nitrogens with zero attached hydrogens (tertiary/aromatic N) is 1. The quantitative estimate of drug-likeness (QED) is 0.416. The van der Waals surface area contributed by atoms with Crippen molar-refractivity contribution in [3.8, 4) is 5.75 Å². The van der Waals surface area contributed by atoms with Gasteiger partial charge in [-0.3, -0.25) is 4.90 Å². The Balaban J connectivity index is 1.65. The molecule has 1 atom stereocenters. The van der Waals surface area contributed by atoms with Gasteiger partial charge >= 0.3 is 5.97 Å². The van der Waals surface area contributed by atoms with E-state index in [9.17, 15) is 4.79 Å². The van der Waals surface area contributed by atoms with Crippen molar-refractivity contribution in [3.05, 3.63) is 35.9 Å². The molecule has 5 heteroatoms. The van der Waals surface area contributed by atoms with Crippen molar-refractivity contribution >= 4 is 12.0 Å². The van der Waals surface area contributed by atoms with Crippen LogP contribution in [0, 0.1) is 0 Å². The van der Waals surface area contributed by atoms with E-state index in [1.165, 1.54) is 6.08 Å². The SMILES string of the molecule is CCOc1ccc(C=CC(=O)OCCCN2CCOCC2C)cc1. The fourth-order valence-electron chi connectivity index (χ4n) is 2.59. The zero-order valence-electron chi connectivity index (χ0n) is 14.6. The lowest BCUT2D eigenvalue weighted by Crippen LogP contribution is -2.44. The monoisotopic (exact) mass is 333 g/mol. The molecule has 1 aliphatic rings. The molecule has 0 radical (unpaired) electrons. The van der Waals surface area contributed by atoms with E-state index in [0.717, 1.165) is 44.0 Å². The van der Waals surface area contributed by atoms with E-state index in [2.05, 4.69) is 11.8 Å². The highest BCUT2D eigenvalue weighted by molar-refractivity contribution is 5.87. The summed E-state index contributed by atoms with van der Waals surface area (Å²) in [5.41, 5.74) is 0.942. The van der Waals surface area contributed by atoms with E-state index < -0.39 is 0 Å². The summed E-state index contributed by atoms with van der Waals surface area (Å²) in [4.78, 5) is 14.1. The molecule has 5 nitrogen and oxygen atoms in total. The molecule has 1 aliphatic heterocycles. The molecule has 2 rings (SSSR count). The van der Waals surface area contributed by atoms with Crippen molar-refractivity contribution < 1.29 is 19.0 Å².